The van der Waals surface area contributed by atoms with Crippen LogP contribution in [0.2, 0.25) is 0 Å². The number of Topliss-reactive ketones (excluding diaryl/α,β-unsaturated/α-hetero) is 1. The number of carboxylic acid groups (broad SMARTS) is 1. The zero-order valence-corrected chi connectivity index (χ0v) is 23.5. The molecule has 9 heteroatoms. The van der Waals surface area contributed by atoms with E-state index in [2.05, 4.69) is 5.32 Å². The standard InChI is InChI=1S/C34H30N4O5/c1-37-32(40)23-13-9-21(10-14-23)26-3-2-4-28-27(26)17-18-38(33(41)24-15-11-22(12-16-24)31(35)36)30(28)29(39)19-20-5-7-25(8-6-20)34(42)43/h2-16,30H,17-19H2,1H3,(H3,35,36)(H,37,40)(H,42,43). The number of nitrogens with two attached hydrogens (primary N) is 1. The quantitative estimate of drug-likeness (QED) is 0.182. The number of amidine groups is 1. The van der Waals surface area contributed by atoms with E-state index in [-0.39, 0.29) is 35.4 Å². The first-order valence-electron chi connectivity index (χ1n) is 13.7. The Hall–Kier alpha value is -5.57. The van der Waals surface area contributed by atoms with E-state index in [1.165, 1.54) is 12.1 Å². The maximum absolute atomic E-state index is 14.0. The van der Waals surface area contributed by atoms with Crippen molar-refractivity contribution >= 4 is 29.4 Å². The summed E-state index contributed by atoms with van der Waals surface area (Å²) in [6.07, 6.45) is 0.513. The number of hydrogen-bond acceptors (Lipinski definition) is 5. The lowest BCUT2D eigenvalue weighted by atomic mass is 9.83. The van der Waals surface area contributed by atoms with Gasteiger partial charge in [0.25, 0.3) is 11.8 Å². The molecule has 1 aliphatic rings. The van der Waals surface area contributed by atoms with Crippen LogP contribution in [-0.4, -0.2) is 53.0 Å². The van der Waals surface area contributed by atoms with Gasteiger partial charge in [0.2, 0.25) is 0 Å². The second-order valence-corrected chi connectivity index (χ2v) is 10.3. The van der Waals surface area contributed by atoms with Gasteiger partial charge in [-0.3, -0.25) is 19.8 Å². The van der Waals surface area contributed by atoms with Gasteiger partial charge in [0.15, 0.2) is 5.78 Å². The number of aromatic carboxylic acids is 1. The third-order valence-corrected chi connectivity index (χ3v) is 7.69. The lowest BCUT2D eigenvalue weighted by Gasteiger charge is -2.37. The smallest absolute Gasteiger partial charge is 0.335 e. The Labute approximate surface area is 248 Å². The van der Waals surface area contributed by atoms with Gasteiger partial charge in [-0.25, -0.2) is 4.79 Å². The first-order chi connectivity index (χ1) is 20.7. The van der Waals surface area contributed by atoms with Gasteiger partial charge in [-0.15, -0.1) is 0 Å². The molecule has 2 amide bonds. The van der Waals surface area contributed by atoms with Crippen LogP contribution in [0.25, 0.3) is 11.1 Å². The third-order valence-electron chi connectivity index (χ3n) is 7.69. The second-order valence-electron chi connectivity index (χ2n) is 10.3. The van der Waals surface area contributed by atoms with Crippen LogP contribution < -0.4 is 11.1 Å². The lowest BCUT2D eigenvalue weighted by Crippen LogP contribution is -2.44. The van der Waals surface area contributed by atoms with Crippen LogP contribution in [0, 0.1) is 5.41 Å². The molecule has 1 unspecified atom stereocenters. The largest absolute Gasteiger partial charge is 0.478 e. The van der Waals surface area contributed by atoms with E-state index >= 15 is 0 Å². The van der Waals surface area contributed by atoms with Crippen molar-refractivity contribution in [3.05, 3.63) is 130 Å². The maximum atomic E-state index is 14.0. The summed E-state index contributed by atoms with van der Waals surface area (Å²) in [5.74, 6) is -1.87. The number of hydrogen-bond donors (Lipinski definition) is 4. The molecule has 43 heavy (non-hydrogen) atoms. The number of rotatable bonds is 8. The first kappa shape index (κ1) is 28.9. The van der Waals surface area contributed by atoms with Crippen molar-refractivity contribution in [1.82, 2.24) is 10.2 Å². The van der Waals surface area contributed by atoms with Crippen LogP contribution in [0.15, 0.2) is 91.0 Å². The Balaban J connectivity index is 1.54. The summed E-state index contributed by atoms with van der Waals surface area (Å²) < 4.78 is 0. The monoisotopic (exact) mass is 574 g/mol. The highest BCUT2D eigenvalue weighted by atomic mass is 16.4. The van der Waals surface area contributed by atoms with Gasteiger partial charge >= 0.3 is 5.97 Å². The SMILES string of the molecule is CNC(=O)c1ccc(-c2cccc3c2CCN(C(=O)c2ccc(C(=N)N)cc2)C3C(=O)Cc2ccc(C(=O)O)cc2)cc1. The second kappa shape index (κ2) is 12.1. The summed E-state index contributed by atoms with van der Waals surface area (Å²) in [5, 5.41) is 19.5. The summed E-state index contributed by atoms with van der Waals surface area (Å²) in [4.78, 5) is 52.8. The molecule has 0 aliphatic carbocycles. The highest BCUT2D eigenvalue weighted by Crippen LogP contribution is 2.38. The fourth-order valence-electron chi connectivity index (χ4n) is 5.47. The lowest BCUT2D eigenvalue weighted by molar-refractivity contribution is -0.123. The molecule has 0 radical (unpaired) electrons. The van der Waals surface area contributed by atoms with Crippen LogP contribution >= 0.6 is 0 Å². The van der Waals surface area contributed by atoms with Crippen molar-refractivity contribution in [3.8, 4) is 11.1 Å². The molecular formula is C34H30N4O5. The predicted molar refractivity (Wildman–Crippen MR) is 162 cm³/mol. The molecule has 1 heterocycles. The van der Waals surface area contributed by atoms with E-state index in [0.717, 1.165) is 22.3 Å². The fourth-order valence-corrected chi connectivity index (χ4v) is 5.47. The minimum Gasteiger partial charge on any atom is -0.478 e. The minimum atomic E-state index is -1.05. The Kier molecular flexibility index (Phi) is 8.16. The first-order valence-corrected chi connectivity index (χ1v) is 13.7. The molecule has 5 N–H and O–H groups in total. The van der Waals surface area contributed by atoms with Gasteiger partial charge in [0, 0.05) is 36.7 Å². The van der Waals surface area contributed by atoms with Crippen LogP contribution in [0.3, 0.4) is 0 Å². The molecule has 0 bridgehead atoms. The van der Waals surface area contributed by atoms with Gasteiger partial charge in [-0.05, 0) is 70.6 Å². The molecule has 0 aromatic heterocycles. The Morgan fingerprint density at radius 3 is 2.07 bits per heavy atom. The summed E-state index contributed by atoms with van der Waals surface area (Å²) in [5.41, 5.74) is 11.2. The van der Waals surface area contributed by atoms with Gasteiger partial charge in [-0.1, -0.05) is 54.6 Å². The predicted octanol–water partition coefficient (Wildman–Crippen LogP) is 4.25. The molecular weight excluding hydrogens is 544 g/mol. The van der Waals surface area contributed by atoms with Gasteiger partial charge in [0.1, 0.15) is 11.9 Å². The molecule has 4 aromatic rings. The van der Waals surface area contributed by atoms with Crippen LogP contribution in [0.4, 0.5) is 0 Å². The van der Waals surface area contributed by atoms with Gasteiger partial charge in [-0.2, -0.15) is 0 Å². The molecule has 1 atom stereocenters. The molecule has 4 aromatic carbocycles. The number of carbonyl (C=O) groups excluding carboxylic acids is 3. The van der Waals surface area contributed by atoms with Crippen LogP contribution in [-0.2, 0) is 17.6 Å². The van der Waals surface area contributed by atoms with Crippen molar-refractivity contribution in [2.75, 3.05) is 13.6 Å². The summed E-state index contributed by atoms with van der Waals surface area (Å²) in [6.45, 7) is 0.294. The zero-order valence-electron chi connectivity index (χ0n) is 23.5. The van der Waals surface area contributed by atoms with Gasteiger partial charge in [0.05, 0.1) is 5.56 Å². The number of amides is 2. The minimum absolute atomic E-state index is 0.00210. The average Bonchev–Trinajstić information content (AvgIpc) is 3.03. The fraction of sp³-hybridized carbons (Fsp3) is 0.147. The van der Waals surface area contributed by atoms with E-state index in [9.17, 15) is 24.3 Å². The Morgan fingerprint density at radius 1 is 0.860 bits per heavy atom. The molecule has 5 rings (SSSR count). The number of carboxylic acids is 1. The topological polar surface area (TPSA) is 154 Å². The van der Waals surface area contributed by atoms with E-state index in [1.54, 1.807) is 60.5 Å². The molecule has 0 spiro atoms. The highest BCUT2D eigenvalue weighted by Gasteiger charge is 2.37. The molecule has 1 aliphatic heterocycles. The van der Waals surface area contributed by atoms with E-state index in [0.29, 0.717) is 35.2 Å². The Bertz CT molecular complexity index is 1730. The number of benzene rings is 4. The molecule has 9 nitrogen and oxygen atoms in total. The highest BCUT2D eigenvalue weighted by molar-refractivity contribution is 6.01. The molecule has 216 valence electrons. The summed E-state index contributed by atoms with van der Waals surface area (Å²) >= 11 is 0. The molecule has 0 saturated heterocycles. The number of ketones is 1. The van der Waals surface area contributed by atoms with Crippen molar-refractivity contribution in [1.29, 1.82) is 5.41 Å². The number of nitrogen functional groups attached to an aromatic ring is 1. The number of nitrogens with zero attached hydrogens (tertiary/aromatic N) is 1. The van der Waals surface area contributed by atoms with Crippen molar-refractivity contribution in [2.24, 2.45) is 5.73 Å². The van der Waals surface area contributed by atoms with Gasteiger partial charge < -0.3 is 21.1 Å². The zero-order chi connectivity index (χ0) is 30.7. The average molecular weight is 575 g/mol. The van der Waals surface area contributed by atoms with E-state index < -0.39 is 12.0 Å². The van der Waals surface area contributed by atoms with Crippen molar-refractivity contribution in [3.63, 3.8) is 0 Å². The number of nitrogens with one attached hydrogen (secondary N) is 2. The maximum Gasteiger partial charge on any atom is 0.335 e. The Morgan fingerprint density at radius 2 is 1.47 bits per heavy atom. The summed E-state index contributed by atoms with van der Waals surface area (Å²) in [6, 6.07) is 24.6. The molecule has 0 fully saturated rings. The van der Waals surface area contributed by atoms with Crippen molar-refractivity contribution in [2.45, 2.75) is 18.9 Å². The van der Waals surface area contributed by atoms with Crippen LogP contribution in [0.1, 0.15) is 59.4 Å². The normalized spacial score (nSPS) is 14.0. The summed E-state index contributed by atoms with van der Waals surface area (Å²) in [7, 11) is 1.58. The number of fused-ring (bicyclic) bond motifs is 1. The third kappa shape index (κ3) is 5.92. The van der Waals surface area contributed by atoms with Crippen molar-refractivity contribution < 1.29 is 24.3 Å². The van der Waals surface area contributed by atoms with E-state index in [1.807, 2.05) is 30.3 Å². The van der Waals surface area contributed by atoms with E-state index in [4.69, 9.17) is 11.1 Å². The van der Waals surface area contributed by atoms with Crippen LogP contribution in [0.5, 0.6) is 0 Å². The number of carbonyl (C=O) groups is 4. The molecule has 0 saturated carbocycles.